The fourth-order valence-electron chi connectivity index (χ4n) is 3.27. The van der Waals surface area contributed by atoms with E-state index in [0.717, 1.165) is 11.8 Å². The number of hydrogen-bond donors (Lipinski definition) is 1. The van der Waals surface area contributed by atoms with Crippen molar-refractivity contribution < 1.29 is 0 Å². The Balaban J connectivity index is 1.46. The van der Waals surface area contributed by atoms with Crippen LogP contribution in [0.5, 0.6) is 0 Å². The third-order valence-corrected chi connectivity index (χ3v) is 4.66. The van der Waals surface area contributed by atoms with Gasteiger partial charge in [0.15, 0.2) is 0 Å². The molecule has 0 spiro atoms. The summed E-state index contributed by atoms with van der Waals surface area (Å²) < 4.78 is 0. The Kier molecular flexibility index (Phi) is 3.08. The van der Waals surface area contributed by atoms with E-state index in [2.05, 4.69) is 66.0 Å². The van der Waals surface area contributed by atoms with Gasteiger partial charge in [-0.2, -0.15) is 0 Å². The zero-order valence-corrected chi connectivity index (χ0v) is 11.7. The Morgan fingerprint density at radius 2 is 1.50 bits per heavy atom. The summed E-state index contributed by atoms with van der Waals surface area (Å²) in [6.07, 6.45) is 4.06. The molecule has 20 heavy (non-hydrogen) atoms. The summed E-state index contributed by atoms with van der Waals surface area (Å²) in [7, 11) is 0. The molecule has 2 aliphatic carbocycles. The van der Waals surface area contributed by atoms with Crippen molar-refractivity contribution in [2.75, 3.05) is 0 Å². The van der Waals surface area contributed by atoms with E-state index in [-0.39, 0.29) is 0 Å². The highest BCUT2D eigenvalue weighted by atomic mass is 15.0. The van der Waals surface area contributed by atoms with Gasteiger partial charge in [-0.05, 0) is 36.3 Å². The lowest BCUT2D eigenvalue weighted by Gasteiger charge is -2.19. The molecule has 4 rings (SSSR count). The van der Waals surface area contributed by atoms with Crippen molar-refractivity contribution in [2.24, 2.45) is 5.92 Å². The molecule has 3 atom stereocenters. The largest absolute Gasteiger partial charge is 0.306 e. The van der Waals surface area contributed by atoms with E-state index in [1.54, 1.807) is 0 Å². The average molecular weight is 263 g/mol. The maximum absolute atomic E-state index is 3.92. The number of rotatable bonds is 5. The van der Waals surface area contributed by atoms with Crippen LogP contribution in [0.2, 0.25) is 0 Å². The van der Waals surface area contributed by atoms with Crippen molar-refractivity contribution in [2.45, 2.75) is 37.3 Å². The van der Waals surface area contributed by atoms with Crippen LogP contribution in [0.4, 0.5) is 0 Å². The van der Waals surface area contributed by atoms with Crippen LogP contribution in [0.1, 0.15) is 42.3 Å². The SMILES string of the molecule is c1ccc(C2CC2NC(c2ccccc2)C2CC2)cc1. The molecular formula is C19H21N. The topological polar surface area (TPSA) is 12.0 Å². The summed E-state index contributed by atoms with van der Waals surface area (Å²) in [5.74, 6) is 1.58. The second kappa shape index (κ2) is 5.06. The molecule has 1 nitrogen and oxygen atoms in total. The number of nitrogens with one attached hydrogen (secondary N) is 1. The molecule has 1 N–H and O–H groups in total. The summed E-state index contributed by atoms with van der Waals surface area (Å²) >= 11 is 0. The Labute approximate surface area is 121 Å². The second-order valence-electron chi connectivity index (χ2n) is 6.25. The summed E-state index contributed by atoms with van der Waals surface area (Å²) in [4.78, 5) is 0. The number of hydrogen-bond acceptors (Lipinski definition) is 1. The van der Waals surface area contributed by atoms with E-state index >= 15 is 0 Å². The summed E-state index contributed by atoms with van der Waals surface area (Å²) in [5.41, 5.74) is 2.96. The van der Waals surface area contributed by atoms with Crippen LogP contribution >= 0.6 is 0 Å². The quantitative estimate of drug-likeness (QED) is 0.849. The summed E-state index contributed by atoms with van der Waals surface area (Å²) in [5, 5.41) is 3.92. The van der Waals surface area contributed by atoms with Gasteiger partial charge in [0.1, 0.15) is 0 Å². The van der Waals surface area contributed by atoms with Gasteiger partial charge >= 0.3 is 0 Å². The highest BCUT2D eigenvalue weighted by Crippen LogP contribution is 2.46. The Bertz CT molecular complexity index is 559. The molecule has 0 radical (unpaired) electrons. The molecule has 0 amide bonds. The van der Waals surface area contributed by atoms with Crippen molar-refractivity contribution in [1.29, 1.82) is 0 Å². The minimum absolute atomic E-state index is 0.565. The molecule has 3 unspecified atom stereocenters. The highest BCUT2D eigenvalue weighted by molar-refractivity contribution is 5.29. The van der Waals surface area contributed by atoms with Gasteiger partial charge in [-0.1, -0.05) is 60.7 Å². The molecule has 0 saturated heterocycles. The molecule has 0 bridgehead atoms. The van der Waals surface area contributed by atoms with Gasteiger partial charge in [-0.3, -0.25) is 0 Å². The van der Waals surface area contributed by atoms with E-state index < -0.39 is 0 Å². The van der Waals surface area contributed by atoms with Crippen LogP contribution in [0.15, 0.2) is 60.7 Å². The Hall–Kier alpha value is -1.60. The zero-order valence-electron chi connectivity index (χ0n) is 11.7. The predicted molar refractivity (Wildman–Crippen MR) is 82.6 cm³/mol. The van der Waals surface area contributed by atoms with Gasteiger partial charge in [-0.15, -0.1) is 0 Å². The third-order valence-electron chi connectivity index (χ3n) is 4.66. The van der Waals surface area contributed by atoms with Crippen molar-refractivity contribution in [3.8, 4) is 0 Å². The molecular weight excluding hydrogens is 242 g/mol. The van der Waals surface area contributed by atoms with Crippen LogP contribution < -0.4 is 5.32 Å². The van der Waals surface area contributed by atoms with Crippen LogP contribution in [0.3, 0.4) is 0 Å². The van der Waals surface area contributed by atoms with Gasteiger partial charge in [0.25, 0.3) is 0 Å². The van der Waals surface area contributed by atoms with Gasteiger partial charge in [-0.25, -0.2) is 0 Å². The van der Waals surface area contributed by atoms with Gasteiger partial charge < -0.3 is 5.32 Å². The molecule has 2 aromatic rings. The van der Waals surface area contributed by atoms with Crippen molar-refractivity contribution in [3.63, 3.8) is 0 Å². The first-order chi connectivity index (χ1) is 9.92. The summed E-state index contributed by atoms with van der Waals surface area (Å²) in [6, 6.07) is 23.1. The molecule has 102 valence electrons. The minimum atomic E-state index is 0.565. The maximum Gasteiger partial charge on any atom is 0.0351 e. The van der Waals surface area contributed by atoms with Crippen LogP contribution in [-0.4, -0.2) is 6.04 Å². The average Bonchev–Trinajstić information content (AvgIpc) is 3.40. The van der Waals surface area contributed by atoms with Gasteiger partial charge in [0, 0.05) is 18.0 Å². The predicted octanol–water partition coefficient (Wildman–Crippen LogP) is 4.28. The standard InChI is InChI=1S/C19H21N/c1-3-7-14(8-4-1)17-13-18(17)20-19(16-11-12-16)15-9-5-2-6-10-15/h1-10,16-20H,11-13H2. The van der Waals surface area contributed by atoms with Crippen LogP contribution in [0, 0.1) is 5.92 Å². The van der Waals surface area contributed by atoms with Gasteiger partial charge in [0.2, 0.25) is 0 Å². The smallest absolute Gasteiger partial charge is 0.0351 e. The zero-order chi connectivity index (χ0) is 13.4. The second-order valence-corrected chi connectivity index (χ2v) is 6.25. The van der Waals surface area contributed by atoms with Crippen molar-refractivity contribution in [1.82, 2.24) is 5.32 Å². The number of benzene rings is 2. The van der Waals surface area contributed by atoms with E-state index in [1.165, 1.54) is 30.4 Å². The first-order valence-electron chi connectivity index (χ1n) is 7.78. The molecule has 2 saturated carbocycles. The van der Waals surface area contributed by atoms with E-state index in [4.69, 9.17) is 0 Å². The highest BCUT2D eigenvalue weighted by Gasteiger charge is 2.42. The molecule has 2 fully saturated rings. The molecule has 0 aliphatic heterocycles. The molecule has 1 heteroatoms. The lowest BCUT2D eigenvalue weighted by atomic mass is 10.0. The molecule has 2 aliphatic rings. The van der Waals surface area contributed by atoms with E-state index in [9.17, 15) is 0 Å². The lowest BCUT2D eigenvalue weighted by Crippen LogP contribution is -2.26. The maximum atomic E-state index is 3.92. The monoisotopic (exact) mass is 263 g/mol. The first kappa shape index (κ1) is 12.2. The van der Waals surface area contributed by atoms with Crippen LogP contribution in [-0.2, 0) is 0 Å². The fourth-order valence-corrected chi connectivity index (χ4v) is 3.27. The summed E-state index contributed by atoms with van der Waals surface area (Å²) in [6.45, 7) is 0. The van der Waals surface area contributed by atoms with E-state index in [1.807, 2.05) is 0 Å². The molecule has 0 heterocycles. The van der Waals surface area contributed by atoms with Crippen molar-refractivity contribution >= 4 is 0 Å². The molecule has 0 aromatic heterocycles. The fraction of sp³-hybridized carbons (Fsp3) is 0.368. The molecule has 2 aromatic carbocycles. The first-order valence-corrected chi connectivity index (χ1v) is 7.78. The van der Waals surface area contributed by atoms with E-state index in [0.29, 0.717) is 12.1 Å². The normalized spacial score (nSPS) is 26.2. The van der Waals surface area contributed by atoms with Gasteiger partial charge in [0.05, 0.1) is 0 Å². The van der Waals surface area contributed by atoms with Crippen LogP contribution in [0.25, 0.3) is 0 Å². The lowest BCUT2D eigenvalue weighted by molar-refractivity contribution is 0.473. The van der Waals surface area contributed by atoms with Crippen molar-refractivity contribution in [3.05, 3.63) is 71.8 Å². The Morgan fingerprint density at radius 1 is 0.850 bits per heavy atom. The Morgan fingerprint density at radius 3 is 2.15 bits per heavy atom. The third kappa shape index (κ3) is 2.51. The minimum Gasteiger partial charge on any atom is -0.306 e.